The van der Waals surface area contributed by atoms with E-state index >= 15 is 0 Å². The van der Waals surface area contributed by atoms with Gasteiger partial charge in [-0.15, -0.1) is 0 Å². The normalized spacial score (nSPS) is 11.1. The molecule has 2 N–H and O–H groups in total. The zero-order chi connectivity index (χ0) is 12.0. The molecular weight excluding hydrogens is 221 g/mol. The fourth-order valence-electron chi connectivity index (χ4n) is 1.40. The van der Waals surface area contributed by atoms with Crippen molar-refractivity contribution in [3.8, 4) is 0 Å². The maximum atomic E-state index is 13.8. The molecule has 0 aliphatic heterocycles. The van der Waals surface area contributed by atoms with E-state index in [4.69, 9.17) is 5.73 Å². The zero-order valence-electron chi connectivity index (χ0n) is 10.0. The van der Waals surface area contributed by atoms with Gasteiger partial charge in [-0.05, 0) is 23.7 Å². The van der Waals surface area contributed by atoms with Gasteiger partial charge in [0.15, 0.2) is 0 Å². The second-order valence-electron chi connectivity index (χ2n) is 4.33. The third-order valence-corrected chi connectivity index (χ3v) is 3.52. The number of benzene rings is 1. The third kappa shape index (κ3) is 4.14. The lowest BCUT2D eigenvalue weighted by molar-refractivity contribution is 0.600. The van der Waals surface area contributed by atoms with Crippen molar-refractivity contribution in [2.24, 2.45) is 11.7 Å². The monoisotopic (exact) mass is 241 g/mol. The summed E-state index contributed by atoms with van der Waals surface area (Å²) in [6.45, 7) is 4.68. The minimum Gasteiger partial charge on any atom is -0.326 e. The van der Waals surface area contributed by atoms with Crippen molar-refractivity contribution in [1.82, 2.24) is 0 Å². The molecule has 1 nitrogen and oxygen atoms in total. The lowest BCUT2D eigenvalue weighted by Crippen LogP contribution is -2.02. The smallest absolute Gasteiger partial charge is 0.131 e. The Morgan fingerprint density at radius 2 is 2.00 bits per heavy atom. The van der Waals surface area contributed by atoms with E-state index in [0.29, 0.717) is 11.5 Å². The summed E-state index contributed by atoms with van der Waals surface area (Å²) in [7, 11) is 0. The number of thioether (sulfide) groups is 1. The first-order valence-electron chi connectivity index (χ1n) is 5.69. The Kier molecular flexibility index (Phi) is 5.85. The van der Waals surface area contributed by atoms with Gasteiger partial charge in [-0.1, -0.05) is 32.0 Å². The molecule has 0 aliphatic rings. The second-order valence-corrected chi connectivity index (χ2v) is 5.43. The van der Waals surface area contributed by atoms with E-state index < -0.39 is 0 Å². The van der Waals surface area contributed by atoms with E-state index in [1.807, 2.05) is 12.1 Å². The molecule has 0 fully saturated rings. The minimum absolute atomic E-state index is 0.123. The van der Waals surface area contributed by atoms with Gasteiger partial charge in [-0.25, -0.2) is 4.39 Å². The van der Waals surface area contributed by atoms with Crippen molar-refractivity contribution in [2.45, 2.75) is 32.6 Å². The average Bonchev–Trinajstić information content (AvgIpc) is 2.26. The molecule has 0 saturated heterocycles. The SMILES string of the molecule is CC(C)CCSCc1cccc(CN)c1F. The molecule has 1 rings (SSSR count). The Morgan fingerprint density at radius 1 is 1.31 bits per heavy atom. The lowest BCUT2D eigenvalue weighted by atomic mass is 10.1. The number of hydrogen-bond donors (Lipinski definition) is 1. The van der Waals surface area contributed by atoms with E-state index in [9.17, 15) is 4.39 Å². The average molecular weight is 241 g/mol. The van der Waals surface area contributed by atoms with E-state index in [2.05, 4.69) is 13.8 Å². The van der Waals surface area contributed by atoms with Gasteiger partial charge in [0, 0.05) is 17.9 Å². The molecule has 1 aromatic carbocycles. The van der Waals surface area contributed by atoms with Crippen LogP contribution in [-0.4, -0.2) is 5.75 Å². The summed E-state index contributed by atoms with van der Waals surface area (Å²) < 4.78 is 13.8. The molecule has 3 heteroatoms. The Labute approximate surface area is 102 Å². The summed E-state index contributed by atoms with van der Waals surface area (Å²) >= 11 is 1.79. The summed E-state index contributed by atoms with van der Waals surface area (Å²) in [4.78, 5) is 0. The molecule has 1 aromatic rings. The van der Waals surface area contributed by atoms with Crippen molar-refractivity contribution in [2.75, 3.05) is 5.75 Å². The van der Waals surface area contributed by atoms with Crippen molar-refractivity contribution in [3.63, 3.8) is 0 Å². The van der Waals surface area contributed by atoms with Gasteiger partial charge in [0.1, 0.15) is 5.82 Å². The van der Waals surface area contributed by atoms with Crippen LogP contribution in [0.1, 0.15) is 31.4 Å². The molecule has 90 valence electrons. The Bertz CT molecular complexity index is 326. The van der Waals surface area contributed by atoms with Crippen molar-refractivity contribution in [1.29, 1.82) is 0 Å². The van der Waals surface area contributed by atoms with Crippen LogP contribution < -0.4 is 5.73 Å². The van der Waals surface area contributed by atoms with Gasteiger partial charge in [0.25, 0.3) is 0 Å². The van der Waals surface area contributed by atoms with Crippen LogP contribution in [0.4, 0.5) is 4.39 Å². The van der Waals surface area contributed by atoms with Crippen LogP contribution in [0.2, 0.25) is 0 Å². The van der Waals surface area contributed by atoms with Gasteiger partial charge in [0.2, 0.25) is 0 Å². The second kappa shape index (κ2) is 6.92. The highest BCUT2D eigenvalue weighted by Gasteiger charge is 2.06. The fourth-order valence-corrected chi connectivity index (χ4v) is 2.63. The maximum absolute atomic E-state index is 13.8. The van der Waals surface area contributed by atoms with Gasteiger partial charge in [-0.3, -0.25) is 0 Å². The summed E-state index contributed by atoms with van der Waals surface area (Å²) in [5.74, 6) is 2.42. The molecule has 0 heterocycles. The van der Waals surface area contributed by atoms with Gasteiger partial charge in [0.05, 0.1) is 0 Å². The minimum atomic E-state index is -0.123. The number of hydrogen-bond acceptors (Lipinski definition) is 2. The molecule has 0 bridgehead atoms. The van der Waals surface area contributed by atoms with E-state index in [-0.39, 0.29) is 12.4 Å². The van der Waals surface area contributed by atoms with Crippen LogP contribution in [0.3, 0.4) is 0 Å². The van der Waals surface area contributed by atoms with E-state index in [0.717, 1.165) is 17.1 Å². The Hall–Kier alpha value is -0.540. The lowest BCUT2D eigenvalue weighted by Gasteiger charge is -2.07. The van der Waals surface area contributed by atoms with E-state index in [1.54, 1.807) is 17.8 Å². The quantitative estimate of drug-likeness (QED) is 0.771. The first-order chi connectivity index (χ1) is 7.65. The largest absolute Gasteiger partial charge is 0.326 e. The first-order valence-corrected chi connectivity index (χ1v) is 6.84. The van der Waals surface area contributed by atoms with Crippen molar-refractivity contribution in [3.05, 3.63) is 35.1 Å². The summed E-state index contributed by atoms with van der Waals surface area (Å²) in [5.41, 5.74) is 6.85. The molecular formula is C13H20FNS. The number of rotatable bonds is 6. The molecule has 0 saturated carbocycles. The standard InChI is InChI=1S/C13H20FNS/c1-10(2)6-7-16-9-12-5-3-4-11(8-15)13(12)14/h3-5,10H,6-9,15H2,1-2H3. The summed E-state index contributed by atoms with van der Waals surface area (Å²) in [6.07, 6.45) is 1.18. The molecule has 0 atom stereocenters. The molecule has 0 radical (unpaired) electrons. The highest BCUT2D eigenvalue weighted by Crippen LogP contribution is 2.20. The third-order valence-electron chi connectivity index (χ3n) is 2.48. The topological polar surface area (TPSA) is 26.0 Å². The molecule has 0 aromatic heterocycles. The number of nitrogens with two attached hydrogens (primary N) is 1. The highest BCUT2D eigenvalue weighted by molar-refractivity contribution is 7.98. The van der Waals surface area contributed by atoms with Crippen LogP contribution in [0.25, 0.3) is 0 Å². The molecule has 16 heavy (non-hydrogen) atoms. The first kappa shape index (κ1) is 13.5. The van der Waals surface area contributed by atoms with Crippen LogP contribution in [-0.2, 0) is 12.3 Å². The zero-order valence-corrected chi connectivity index (χ0v) is 10.8. The Balaban J connectivity index is 2.47. The number of halogens is 1. The van der Waals surface area contributed by atoms with E-state index in [1.165, 1.54) is 6.42 Å². The predicted molar refractivity (Wildman–Crippen MR) is 69.9 cm³/mol. The van der Waals surface area contributed by atoms with Crippen molar-refractivity contribution >= 4 is 11.8 Å². The predicted octanol–water partition coefficient (Wildman–Crippen LogP) is 3.56. The van der Waals surface area contributed by atoms with Crippen LogP contribution in [0.15, 0.2) is 18.2 Å². The highest BCUT2D eigenvalue weighted by atomic mass is 32.2. The maximum Gasteiger partial charge on any atom is 0.131 e. The molecule has 0 aliphatic carbocycles. The van der Waals surface area contributed by atoms with Crippen LogP contribution >= 0.6 is 11.8 Å². The summed E-state index contributed by atoms with van der Waals surface area (Å²) in [6, 6.07) is 5.47. The van der Waals surface area contributed by atoms with Gasteiger partial charge >= 0.3 is 0 Å². The van der Waals surface area contributed by atoms with Crippen LogP contribution in [0, 0.1) is 11.7 Å². The van der Waals surface area contributed by atoms with Crippen LogP contribution in [0.5, 0.6) is 0 Å². The fraction of sp³-hybridized carbons (Fsp3) is 0.538. The molecule has 0 spiro atoms. The Morgan fingerprint density at radius 3 is 2.62 bits per heavy atom. The summed E-state index contributed by atoms with van der Waals surface area (Å²) in [5, 5.41) is 0. The van der Waals surface area contributed by atoms with Gasteiger partial charge in [-0.2, -0.15) is 11.8 Å². The van der Waals surface area contributed by atoms with Gasteiger partial charge < -0.3 is 5.73 Å². The molecule has 0 unspecified atom stereocenters. The molecule has 0 amide bonds. The van der Waals surface area contributed by atoms with Crippen molar-refractivity contribution < 1.29 is 4.39 Å².